The van der Waals surface area contributed by atoms with Crippen LogP contribution in [-0.2, 0) is 9.53 Å². The van der Waals surface area contributed by atoms with Crippen LogP contribution in [0, 0.1) is 12.3 Å². The molecule has 0 aliphatic carbocycles. The molecule has 0 unspecified atom stereocenters. The molecule has 0 spiro atoms. The predicted octanol–water partition coefficient (Wildman–Crippen LogP) is 3.67. The number of terminal acetylenes is 1. The molecule has 0 amide bonds. The van der Waals surface area contributed by atoms with Crippen LogP contribution >= 0.6 is 11.3 Å². The molecule has 0 N–H and O–H groups in total. The normalized spacial score (nSPS) is 16.5. The highest BCUT2D eigenvalue weighted by Gasteiger charge is 2.18. The summed E-state index contributed by atoms with van der Waals surface area (Å²) in [5, 5.41) is 2.04. The van der Waals surface area contributed by atoms with Crippen molar-refractivity contribution in [2.24, 2.45) is 4.99 Å². The fourth-order valence-corrected chi connectivity index (χ4v) is 2.85. The third kappa shape index (κ3) is 9.65. The first kappa shape index (κ1) is 20.9. The van der Waals surface area contributed by atoms with Gasteiger partial charge in [0.15, 0.2) is 0 Å². The molecule has 2 rings (SSSR count). The van der Waals surface area contributed by atoms with Gasteiger partial charge >= 0.3 is 5.97 Å². The predicted molar refractivity (Wildman–Crippen MR) is 107 cm³/mol. The van der Waals surface area contributed by atoms with Crippen LogP contribution in [0.2, 0.25) is 0 Å². The lowest BCUT2D eigenvalue weighted by Crippen LogP contribution is -2.34. The number of esters is 1. The smallest absolute Gasteiger partial charge is 0.302 e. The van der Waals surface area contributed by atoms with Gasteiger partial charge < -0.3 is 9.64 Å². The maximum Gasteiger partial charge on any atom is 0.302 e. The van der Waals surface area contributed by atoms with E-state index in [1.165, 1.54) is 11.8 Å². The van der Waals surface area contributed by atoms with Gasteiger partial charge in [-0.25, -0.2) is 0 Å². The average molecular weight is 359 g/mol. The van der Waals surface area contributed by atoms with E-state index in [0.717, 1.165) is 31.6 Å². The average Bonchev–Trinajstić information content (AvgIpc) is 3.11. The maximum absolute atomic E-state index is 10.6. The van der Waals surface area contributed by atoms with E-state index in [1.807, 2.05) is 29.7 Å². The number of allylic oxidation sites excluding steroid dienone is 3. The Labute approximate surface area is 154 Å². The molecule has 1 aliphatic heterocycles. The van der Waals surface area contributed by atoms with Crippen molar-refractivity contribution in [3.8, 4) is 12.3 Å². The van der Waals surface area contributed by atoms with Crippen LogP contribution in [0.25, 0.3) is 6.08 Å². The van der Waals surface area contributed by atoms with E-state index in [2.05, 4.69) is 28.9 Å². The van der Waals surface area contributed by atoms with Crippen LogP contribution in [0.3, 0.4) is 0 Å². The number of ether oxygens (including phenoxy) is 1. The minimum atomic E-state index is -0.153. The molecule has 1 saturated heterocycles. The molecule has 1 aromatic heterocycles. The highest BCUT2D eigenvalue weighted by atomic mass is 32.1. The second-order valence-electron chi connectivity index (χ2n) is 5.61. The van der Waals surface area contributed by atoms with Gasteiger partial charge in [0.05, 0.1) is 5.71 Å². The number of thiophene rings is 1. The van der Waals surface area contributed by atoms with Crippen LogP contribution in [0.4, 0.5) is 0 Å². The molecule has 0 radical (unpaired) electrons. The highest BCUT2D eigenvalue weighted by molar-refractivity contribution is 7.10. The number of hydrogen-bond donors (Lipinski definition) is 0. The van der Waals surface area contributed by atoms with E-state index in [0.29, 0.717) is 0 Å². The largest absolute Gasteiger partial charge is 0.462 e. The monoisotopic (exact) mass is 358 g/mol. The van der Waals surface area contributed by atoms with Crippen molar-refractivity contribution in [3.63, 3.8) is 0 Å². The highest BCUT2D eigenvalue weighted by Crippen LogP contribution is 2.12. The Kier molecular flexibility index (Phi) is 10.2. The number of piperidine rings is 1. The molecule has 0 atom stereocenters. The molecule has 2 heterocycles. The number of carbonyl (C=O) groups excluding carboxylic acids is 1. The Morgan fingerprint density at radius 2 is 2.16 bits per heavy atom. The summed E-state index contributed by atoms with van der Waals surface area (Å²) in [5.74, 6) is 2.28. The Morgan fingerprint density at radius 3 is 2.68 bits per heavy atom. The summed E-state index contributed by atoms with van der Waals surface area (Å²) in [6.07, 6.45) is 14.7. The zero-order chi connectivity index (χ0) is 18.5. The van der Waals surface area contributed by atoms with Gasteiger partial charge in [-0.3, -0.25) is 9.79 Å². The van der Waals surface area contributed by atoms with Crippen LogP contribution in [0.15, 0.2) is 40.7 Å². The van der Waals surface area contributed by atoms with Crippen LogP contribution in [-0.4, -0.2) is 49.9 Å². The Balaban J connectivity index is 0.000000257. The van der Waals surface area contributed by atoms with Gasteiger partial charge in [0.1, 0.15) is 6.10 Å². The van der Waals surface area contributed by atoms with Gasteiger partial charge in [0.2, 0.25) is 0 Å². The Bertz CT molecular complexity index is 631. The van der Waals surface area contributed by atoms with E-state index in [1.54, 1.807) is 24.5 Å². The third-order valence-corrected chi connectivity index (χ3v) is 4.41. The molecule has 1 aromatic rings. The minimum absolute atomic E-state index is 0.153. The van der Waals surface area contributed by atoms with Gasteiger partial charge in [-0.15, -0.1) is 17.8 Å². The minimum Gasteiger partial charge on any atom is -0.462 e. The number of carbonyl (C=O) groups is 1. The third-order valence-electron chi connectivity index (χ3n) is 3.57. The van der Waals surface area contributed by atoms with Crippen LogP contribution in [0.5, 0.6) is 0 Å². The van der Waals surface area contributed by atoms with Crippen LogP contribution < -0.4 is 0 Å². The molecule has 0 saturated carbocycles. The van der Waals surface area contributed by atoms with Crippen molar-refractivity contribution < 1.29 is 9.53 Å². The molecule has 4 nitrogen and oxygen atoms in total. The standard InChI is InChI=1S/C12H11NS.C8H15NO2/c1-3-4-6-11(13-2)8-9-12-7-5-10-14-12;1-7(10)11-8-3-5-9(2)6-4-8/h1,4-10H,2H3;8H,3-6H2,1-2H3/b6-4-,9-8+,13-11?;. The van der Waals surface area contributed by atoms with Gasteiger partial charge in [-0.2, -0.15) is 0 Å². The lowest BCUT2D eigenvalue weighted by Gasteiger charge is -2.28. The second kappa shape index (κ2) is 12.2. The summed E-state index contributed by atoms with van der Waals surface area (Å²) in [5.41, 5.74) is 0.872. The number of aliphatic imine (C=N–C) groups is 1. The number of likely N-dealkylation sites (tertiary alicyclic amines) is 1. The molecular formula is C20H26N2O2S. The molecule has 0 aromatic carbocycles. The van der Waals surface area contributed by atoms with Crippen molar-refractivity contribution >= 4 is 29.1 Å². The fraction of sp³-hybridized carbons (Fsp3) is 0.400. The van der Waals surface area contributed by atoms with Crippen molar-refractivity contribution in [2.75, 3.05) is 27.2 Å². The number of nitrogens with zero attached hydrogens (tertiary/aromatic N) is 2. The topological polar surface area (TPSA) is 41.9 Å². The summed E-state index contributed by atoms with van der Waals surface area (Å²) in [6.45, 7) is 3.55. The summed E-state index contributed by atoms with van der Waals surface area (Å²) in [6, 6.07) is 4.07. The van der Waals surface area contributed by atoms with E-state index >= 15 is 0 Å². The van der Waals surface area contributed by atoms with Gasteiger partial charge in [-0.05, 0) is 55.6 Å². The molecule has 1 aliphatic rings. The zero-order valence-electron chi connectivity index (χ0n) is 15.1. The number of rotatable bonds is 4. The second-order valence-corrected chi connectivity index (χ2v) is 6.59. The van der Waals surface area contributed by atoms with Gasteiger partial charge in [0.25, 0.3) is 0 Å². The molecule has 5 heteroatoms. The first-order valence-electron chi connectivity index (χ1n) is 8.22. The molecule has 0 bridgehead atoms. The number of hydrogen-bond acceptors (Lipinski definition) is 5. The first-order chi connectivity index (χ1) is 12.0. The summed E-state index contributed by atoms with van der Waals surface area (Å²) >= 11 is 1.69. The summed E-state index contributed by atoms with van der Waals surface area (Å²) in [7, 11) is 3.83. The zero-order valence-corrected chi connectivity index (χ0v) is 16.0. The van der Waals surface area contributed by atoms with E-state index in [-0.39, 0.29) is 12.1 Å². The quantitative estimate of drug-likeness (QED) is 0.468. The van der Waals surface area contributed by atoms with E-state index in [4.69, 9.17) is 11.2 Å². The van der Waals surface area contributed by atoms with Crippen molar-refractivity contribution in [2.45, 2.75) is 25.9 Å². The van der Waals surface area contributed by atoms with Crippen LogP contribution in [0.1, 0.15) is 24.6 Å². The lowest BCUT2D eigenvalue weighted by atomic mass is 10.1. The lowest BCUT2D eigenvalue weighted by molar-refractivity contribution is -0.148. The first-order valence-corrected chi connectivity index (χ1v) is 9.10. The molecule has 25 heavy (non-hydrogen) atoms. The van der Waals surface area contributed by atoms with Crippen molar-refractivity contribution in [1.29, 1.82) is 0 Å². The molecule has 134 valence electrons. The van der Waals surface area contributed by atoms with E-state index in [9.17, 15) is 4.79 Å². The summed E-state index contributed by atoms with van der Waals surface area (Å²) < 4.78 is 5.07. The van der Waals surface area contributed by atoms with Crippen molar-refractivity contribution in [3.05, 3.63) is 40.6 Å². The molecule has 1 fully saturated rings. The fourth-order valence-electron chi connectivity index (χ4n) is 2.23. The van der Waals surface area contributed by atoms with Gasteiger partial charge in [0, 0.05) is 31.9 Å². The molecular weight excluding hydrogens is 332 g/mol. The Morgan fingerprint density at radius 1 is 1.44 bits per heavy atom. The summed E-state index contributed by atoms with van der Waals surface area (Å²) in [4.78, 5) is 18.1. The Hall–Kier alpha value is -2.16. The van der Waals surface area contributed by atoms with Gasteiger partial charge in [-0.1, -0.05) is 12.0 Å². The van der Waals surface area contributed by atoms with E-state index < -0.39 is 0 Å². The van der Waals surface area contributed by atoms with Crippen molar-refractivity contribution in [1.82, 2.24) is 4.90 Å². The maximum atomic E-state index is 10.6. The SMILES string of the molecule is C#C/C=C\C(/C=C/c1cccs1)=NC.CC(=O)OC1CCN(C)CC1.